The molecular weight excluding hydrogens is 604 g/mol. The molecular formula is C32H35ClN4O8. The van der Waals surface area contributed by atoms with Crippen LogP contribution in [0.1, 0.15) is 36.6 Å². The zero-order valence-electron chi connectivity index (χ0n) is 25.3. The number of hydrazone groups is 1. The summed E-state index contributed by atoms with van der Waals surface area (Å²) in [6, 6.07) is 16.5. The first-order chi connectivity index (χ1) is 21.7. The first-order valence-corrected chi connectivity index (χ1v) is 14.4. The van der Waals surface area contributed by atoms with Crippen LogP contribution in [0.15, 0.2) is 77.0 Å². The number of nitrogens with zero attached hydrogens (tertiary/aromatic N) is 1. The van der Waals surface area contributed by atoms with E-state index in [1.165, 1.54) is 13.3 Å². The van der Waals surface area contributed by atoms with Gasteiger partial charge in [-0.15, -0.1) is 0 Å². The SMILES string of the molecule is CCOc1cc([C@H]2NC(=O)NC(C)=C2C(=O)OC)ccc1OC[C@@H](O)N/N=C/c1cccc(OC)c1OCc1ccccc1Cl. The van der Waals surface area contributed by atoms with E-state index in [2.05, 4.69) is 21.2 Å². The van der Waals surface area contributed by atoms with Crippen LogP contribution in [0.4, 0.5) is 4.79 Å². The lowest BCUT2D eigenvalue weighted by Gasteiger charge is -2.28. The Morgan fingerprint density at radius 2 is 1.87 bits per heavy atom. The highest BCUT2D eigenvalue weighted by atomic mass is 35.5. The van der Waals surface area contributed by atoms with E-state index in [1.54, 1.807) is 56.5 Å². The molecule has 4 N–H and O–H groups in total. The minimum Gasteiger partial charge on any atom is -0.493 e. The number of esters is 1. The average molecular weight is 639 g/mol. The van der Waals surface area contributed by atoms with Crippen molar-refractivity contribution in [3.63, 3.8) is 0 Å². The predicted octanol–water partition coefficient (Wildman–Crippen LogP) is 4.45. The molecule has 2 atom stereocenters. The third-order valence-electron chi connectivity index (χ3n) is 6.66. The Morgan fingerprint density at radius 1 is 1.07 bits per heavy atom. The van der Waals surface area contributed by atoms with Gasteiger partial charge in [-0.1, -0.05) is 41.9 Å². The Bertz CT molecular complexity index is 1580. The van der Waals surface area contributed by atoms with Gasteiger partial charge in [0.05, 0.1) is 38.7 Å². The molecule has 0 aliphatic carbocycles. The monoisotopic (exact) mass is 638 g/mol. The molecule has 0 spiro atoms. The molecule has 4 rings (SSSR count). The molecule has 1 aliphatic heterocycles. The van der Waals surface area contributed by atoms with E-state index >= 15 is 0 Å². The van der Waals surface area contributed by atoms with Crippen LogP contribution < -0.4 is 35.0 Å². The van der Waals surface area contributed by atoms with Crippen LogP contribution in [-0.2, 0) is 16.1 Å². The number of halogens is 1. The fourth-order valence-corrected chi connectivity index (χ4v) is 4.72. The quantitative estimate of drug-likeness (QED) is 0.0870. The van der Waals surface area contributed by atoms with Crippen LogP contribution >= 0.6 is 11.6 Å². The van der Waals surface area contributed by atoms with Crippen molar-refractivity contribution in [2.45, 2.75) is 32.7 Å². The number of carbonyl (C=O) groups excluding carboxylic acids is 2. The minimum atomic E-state index is -1.19. The number of hydrogen-bond acceptors (Lipinski definition) is 10. The van der Waals surface area contributed by atoms with E-state index in [4.69, 9.17) is 35.3 Å². The lowest BCUT2D eigenvalue weighted by molar-refractivity contribution is -0.136. The molecule has 12 nitrogen and oxygen atoms in total. The number of nitrogens with one attached hydrogen (secondary N) is 3. The molecule has 1 heterocycles. The number of allylic oxidation sites excluding steroid dienone is 1. The number of amides is 2. The van der Waals surface area contributed by atoms with Crippen molar-refractivity contribution >= 4 is 29.8 Å². The van der Waals surface area contributed by atoms with E-state index in [1.807, 2.05) is 25.1 Å². The van der Waals surface area contributed by atoms with E-state index < -0.39 is 24.3 Å². The maximum Gasteiger partial charge on any atom is 0.337 e. The van der Waals surface area contributed by atoms with Crippen LogP contribution in [0.5, 0.6) is 23.0 Å². The molecule has 0 saturated heterocycles. The number of methoxy groups -OCH3 is 2. The van der Waals surface area contributed by atoms with Crippen LogP contribution in [0.25, 0.3) is 0 Å². The van der Waals surface area contributed by atoms with Crippen molar-refractivity contribution in [1.29, 1.82) is 0 Å². The molecule has 1 aliphatic rings. The molecule has 0 aromatic heterocycles. The van der Waals surface area contributed by atoms with Gasteiger partial charge >= 0.3 is 12.0 Å². The summed E-state index contributed by atoms with van der Waals surface area (Å²) in [6.45, 7) is 3.79. The van der Waals surface area contributed by atoms with E-state index in [0.29, 0.717) is 51.5 Å². The van der Waals surface area contributed by atoms with Gasteiger partial charge in [-0.3, -0.25) is 5.43 Å². The number of aliphatic hydroxyl groups excluding tert-OH is 1. The van der Waals surface area contributed by atoms with Gasteiger partial charge in [0.2, 0.25) is 0 Å². The summed E-state index contributed by atoms with van der Waals surface area (Å²) in [5, 5.41) is 20.6. The van der Waals surface area contributed by atoms with Crippen LogP contribution in [0, 0.1) is 0 Å². The molecule has 0 radical (unpaired) electrons. The van der Waals surface area contributed by atoms with Gasteiger partial charge in [-0.2, -0.15) is 5.10 Å². The standard InChI is InChI=1S/C32H35ClN4O8/c1-5-43-26-15-20(29-28(31(39)42-4)19(2)35-32(40)36-29)13-14-24(26)44-18-27(38)37-34-16-21-10-8-12-25(41-3)30(21)45-17-22-9-6-7-11-23(22)33/h6-16,27,29,37-38H,5,17-18H2,1-4H3,(H2,35,36,40)/b34-16+/t27-,29-/m1/s1. The Hall–Kier alpha value is -4.94. The van der Waals surface area contributed by atoms with E-state index in [-0.39, 0.29) is 18.8 Å². The largest absolute Gasteiger partial charge is 0.493 e. The maximum atomic E-state index is 12.5. The summed E-state index contributed by atoms with van der Waals surface area (Å²) in [7, 11) is 2.81. The van der Waals surface area contributed by atoms with Crippen molar-refractivity contribution in [2.24, 2.45) is 5.10 Å². The van der Waals surface area contributed by atoms with Crippen LogP contribution in [0.2, 0.25) is 5.02 Å². The summed E-state index contributed by atoms with van der Waals surface area (Å²) < 4.78 is 28.0. The highest BCUT2D eigenvalue weighted by molar-refractivity contribution is 6.31. The molecule has 2 amide bonds. The second-order valence-electron chi connectivity index (χ2n) is 9.67. The highest BCUT2D eigenvalue weighted by Crippen LogP contribution is 2.35. The summed E-state index contributed by atoms with van der Waals surface area (Å²) in [5.74, 6) is 1.09. The Kier molecular flexibility index (Phi) is 11.5. The third kappa shape index (κ3) is 8.37. The molecule has 0 bridgehead atoms. The zero-order valence-corrected chi connectivity index (χ0v) is 26.0. The first-order valence-electron chi connectivity index (χ1n) is 14.0. The third-order valence-corrected chi connectivity index (χ3v) is 7.03. The lowest BCUT2D eigenvalue weighted by Crippen LogP contribution is -2.45. The number of aliphatic hydroxyl groups is 1. The second-order valence-corrected chi connectivity index (χ2v) is 10.1. The highest BCUT2D eigenvalue weighted by Gasteiger charge is 2.32. The van der Waals surface area contributed by atoms with Gasteiger partial charge in [-0.05, 0) is 49.7 Å². The first kappa shape index (κ1) is 33.0. The molecule has 238 valence electrons. The topological polar surface area (TPSA) is 149 Å². The Labute approximate surface area is 265 Å². The molecule has 13 heteroatoms. The Morgan fingerprint density at radius 3 is 2.60 bits per heavy atom. The fraction of sp³-hybridized carbons (Fsp3) is 0.281. The summed E-state index contributed by atoms with van der Waals surface area (Å²) in [5.41, 5.74) is 5.28. The number of benzene rings is 3. The van der Waals surface area contributed by atoms with Gasteiger partial charge in [0.15, 0.2) is 29.2 Å². The number of hydrogen-bond donors (Lipinski definition) is 4. The second kappa shape index (κ2) is 15.7. The molecule has 0 saturated carbocycles. The normalized spacial score (nSPS) is 15.2. The van der Waals surface area contributed by atoms with Crippen molar-refractivity contribution in [1.82, 2.24) is 16.1 Å². The van der Waals surface area contributed by atoms with Gasteiger partial charge < -0.3 is 39.4 Å². The zero-order chi connectivity index (χ0) is 32.3. The Balaban J connectivity index is 1.42. The van der Waals surface area contributed by atoms with Crippen molar-refractivity contribution in [2.75, 3.05) is 27.4 Å². The van der Waals surface area contributed by atoms with Gasteiger partial charge in [0, 0.05) is 21.8 Å². The van der Waals surface area contributed by atoms with Crippen LogP contribution in [-0.4, -0.2) is 57.0 Å². The summed E-state index contributed by atoms with van der Waals surface area (Å²) >= 11 is 6.27. The van der Waals surface area contributed by atoms with Crippen LogP contribution in [0.3, 0.4) is 0 Å². The molecule has 3 aromatic rings. The number of ether oxygens (including phenoxy) is 5. The van der Waals surface area contributed by atoms with Crippen molar-refractivity contribution < 1.29 is 38.4 Å². The minimum absolute atomic E-state index is 0.179. The van der Waals surface area contributed by atoms with Gasteiger partial charge in [0.1, 0.15) is 13.2 Å². The number of para-hydroxylation sites is 1. The van der Waals surface area contributed by atoms with Gasteiger partial charge in [-0.25, -0.2) is 9.59 Å². The van der Waals surface area contributed by atoms with Crippen molar-refractivity contribution in [3.05, 3.63) is 93.6 Å². The molecule has 0 unspecified atom stereocenters. The fourth-order valence-electron chi connectivity index (χ4n) is 4.53. The molecule has 3 aromatic carbocycles. The number of urea groups is 1. The maximum absolute atomic E-state index is 12.5. The van der Waals surface area contributed by atoms with E-state index in [9.17, 15) is 14.7 Å². The smallest absolute Gasteiger partial charge is 0.337 e. The molecule has 0 fully saturated rings. The average Bonchev–Trinajstić information content (AvgIpc) is 3.03. The van der Waals surface area contributed by atoms with Crippen molar-refractivity contribution in [3.8, 4) is 23.0 Å². The van der Waals surface area contributed by atoms with Gasteiger partial charge in [0.25, 0.3) is 0 Å². The molecule has 45 heavy (non-hydrogen) atoms. The lowest BCUT2D eigenvalue weighted by atomic mass is 9.95. The number of rotatable bonds is 14. The number of carbonyl (C=O) groups is 2. The predicted molar refractivity (Wildman–Crippen MR) is 168 cm³/mol. The summed E-state index contributed by atoms with van der Waals surface area (Å²) in [6.07, 6.45) is 0.309. The van der Waals surface area contributed by atoms with E-state index in [0.717, 1.165) is 5.56 Å². The summed E-state index contributed by atoms with van der Waals surface area (Å²) in [4.78, 5) is 24.6.